The molecule has 1 saturated carbocycles. The number of likely N-dealkylation sites (N-methyl/N-ethyl adjacent to an activating group) is 2. The molecule has 1 aliphatic heterocycles. The minimum absolute atomic E-state index is 0.714. The lowest BCUT2D eigenvalue weighted by atomic mass is 9.82. The Morgan fingerprint density at radius 1 is 1.16 bits per heavy atom. The van der Waals surface area contributed by atoms with E-state index in [2.05, 4.69) is 42.9 Å². The Hall–Kier alpha value is -0.120. The molecule has 4 unspecified atom stereocenters. The van der Waals surface area contributed by atoms with Gasteiger partial charge in [0.25, 0.3) is 0 Å². The second-order valence-corrected chi connectivity index (χ2v) is 6.54. The van der Waals surface area contributed by atoms with Gasteiger partial charge in [0.1, 0.15) is 0 Å². The Morgan fingerprint density at radius 2 is 1.89 bits per heavy atom. The SMILES string of the molecule is CCN(CC)C1CCN(C2CC(C)CCC2NC)C1. The molecule has 2 aliphatic rings. The molecule has 1 saturated heterocycles. The molecule has 2 fully saturated rings. The lowest BCUT2D eigenvalue weighted by Gasteiger charge is -2.40. The molecular weight excluding hydrogens is 234 g/mol. The fraction of sp³-hybridized carbons (Fsp3) is 1.00. The Morgan fingerprint density at radius 3 is 2.53 bits per heavy atom. The maximum Gasteiger partial charge on any atom is 0.0252 e. The summed E-state index contributed by atoms with van der Waals surface area (Å²) in [5.41, 5.74) is 0. The topological polar surface area (TPSA) is 18.5 Å². The van der Waals surface area contributed by atoms with Gasteiger partial charge in [-0.15, -0.1) is 0 Å². The normalized spacial score (nSPS) is 37.1. The van der Waals surface area contributed by atoms with E-state index < -0.39 is 0 Å². The first-order valence-electron chi connectivity index (χ1n) is 8.34. The van der Waals surface area contributed by atoms with Gasteiger partial charge in [-0.05, 0) is 51.7 Å². The van der Waals surface area contributed by atoms with Crippen LogP contribution in [0.15, 0.2) is 0 Å². The summed E-state index contributed by atoms with van der Waals surface area (Å²) in [6.45, 7) is 12.0. The molecule has 2 rings (SSSR count). The summed E-state index contributed by atoms with van der Waals surface area (Å²) in [6.07, 6.45) is 5.50. The fourth-order valence-corrected chi connectivity index (χ4v) is 4.20. The monoisotopic (exact) mass is 267 g/mol. The van der Waals surface area contributed by atoms with Crippen LogP contribution in [0.2, 0.25) is 0 Å². The van der Waals surface area contributed by atoms with Crippen molar-refractivity contribution in [2.45, 2.75) is 64.6 Å². The zero-order valence-corrected chi connectivity index (χ0v) is 13.4. The fourth-order valence-electron chi connectivity index (χ4n) is 4.20. The molecule has 0 bridgehead atoms. The first-order valence-corrected chi connectivity index (χ1v) is 8.34. The van der Waals surface area contributed by atoms with Crippen LogP contribution in [0.25, 0.3) is 0 Å². The first-order chi connectivity index (χ1) is 9.19. The van der Waals surface area contributed by atoms with E-state index in [0.717, 1.165) is 18.0 Å². The highest BCUT2D eigenvalue weighted by Crippen LogP contribution is 2.30. The molecule has 3 nitrogen and oxygen atoms in total. The van der Waals surface area contributed by atoms with Gasteiger partial charge in [-0.3, -0.25) is 9.80 Å². The average Bonchev–Trinajstić information content (AvgIpc) is 2.89. The number of hydrogen-bond donors (Lipinski definition) is 1. The van der Waals surface area contributed by atoms with E-state index in [1.807, 2.05) is 0 Å². The number of nitrogens with zero attached hydrogens (tertiary/aromatic N) is 2. The van der Waals surface area contributed by atoms with Crippen molar-refractivity contribution in [3.63, 3.8) is 0 Å². The second kappa shape index (κ2) is 7.05. The lowest BCUT2D eigenvalue weighted by molar-refractivity contribution is 0.115. The quantitative estimate of drug-likeness (QED) is 0.824. The Labute approximate surface area is 119 Å². The van der Waals surface area contributed by atoms with Crippen LogP contribution in [-0.2, 0) is 0 Å². The maximum atomic E-state index is 3.57. The highest BCUT2D eigenvalue weighted by molar-refractivity contribution is 4.94. The van der Waals surface area contributed by atoms with Crippen LogP contribution in [0.3, 0.4) is 0 Å². The third-order valence-electron chi connectivity index (χ3n) is 5.44. The molecule has 0 radical (unpaired) electrons. The minimum atomic E-state index is 0.714. The molecule has 1 aliphatic carbocycles. The molecule has 1 N–H and O–H groups in total. The van der Waals surface area contributed by atoms with Gasteiger partial charge < -0.3 is 5.32 Å². The van der Waals surface area contributed by atoms with Gasteiger partial charge in [0.15, 0.2) is 0 Å². The zero-order chi connectivity index (χ0) is 13.8. The summed E-state index contributed by atoms with van der Waals surface area (Å²) < 4.78 is 0. The van der Waals surface area contributed by atoms with Crippen molar-refractivity contribution in [3.05, 3.63) is 0 Å². The van der Waals surface area contributed by atoms with E-state index in [1.54, 1.807) is 0 Å². The predicted molar refractivity (Wildman–Crippen MR) is 82.5 cm³/mol. The lowest BCUT2D eigenvalue weighted by Crippen LogP contribution is -2.52. The third-order valence-corrected chi connectivity index (χ3v) is 5.44. The molecule has 0 amide bonds. The number of rotatable bonds is 5. The van der Waals surface area contributed by atoms with Crippen LogP contribution in [0.4, 0.5) is 0 Å². The third kappa shape index (κ3) is 3.50. The average molecular weight is 267 g/mol. The number of hydrogen-bond acceptors (Lipinski definition) is 3. The van der Waals surface area contributed by atoms with E-state index >= 15 is 0 Å². The highest BCUT2D eigenvalue weighted by atomic mass is 15.3. The van der Waals surface area contributed by atoms with Crippen LogP contribution in [0, 0.1) is 5.92 Å². The maximum absolute atomic E-state index is 3.57. The molecular formula is C16H33N3. The van der Waals surface area contributed by atoms with E-state index in [0.29, 0.717) is 6.04 Å². The second-order valence-electron chi connectivity index (χ2n) is 6.54. The molecule has 3 heteroatoms. The van der Waals surface area contributed by atoms with Crippen molar-refractivity contribution in [1.82, 2.24) is 15.1 Å². The van der Waals surface area contributed by atoms with Crippen molar-refractivity contribution >= 4 is 0 Å². The molecule has 4 atom stereocenters. The summed E-state index contributed by atoms with van der Waals surface area (Å²) in [5.74, 6) is 0.905. The smallest absolute Gasteiger partial charge is 0.0252 e. The van der Waals surface area contributed by atoms with Crippen molar-refractivity contribution in [2.75, 3.05) is 33.2 Å². The molecule has 19 heavy (non-hydrogen) atoms. The van der Waals surface area contributed by atoms with Gasteiger partial charge in [-0.25, -0.2) is 0 Å². The highest BCUT2D eigenvalue weighted by Gasteiger charge is 2.36. The molecule has 0 aromatic carbocycles. The van der Waals surface area contributed by atoms with Gasteiger partial charge in [-0.1, -0.05) is 20.8 Å². The van der Waals surface area contributed by atoms with E-state index in [1.165, 1.54) is 51.9 Å². The van der Waals surface area contributed by atoms with Crippen LogP contribution < -0.4 is 5.32 Å². The summed E-state index contributed by atoms with van der Waals surface area (Å²) in [5, 5.41) is 3.57. The summed E-state index contributed by atoms with van der Waals surface area (Å²) in [6, 6.07) is 2.28. The standard InChI is InChI=1S/C16H33N3/c1-5-18(6-2)14-9-10-19(12-14)16-11-13(3)7-8-15(16)17-4/h13-17H,5-12H2,1-4H3. The predicted octanol–water partition coefficient (Wildman–Crippen LogP) is 2.18. The molecule has 1 heterocycles. The van der Waals surface area contributed by atoms with E-state index in [-0.39, 0.29) is 0 Å². The van der Waals surface area contributed by atoms with Crippen LogP contribution in [-0.4, -0.2) is 61.2 Å². The largest absolute Gasteiger partial charge is 0.315 e. The van der Waals surface area contributed by atoms with Crippen LogP contribution >= 0.6 is 0 Å². The molecule has 112 valence electrons. The van der Waals surface area contributed by atoms with Gasteiger partial charge in [0, 0.05) is 31.2 Å². The van der Waals surface area contributed by atoms with Gasteiger partial charge in [0.2, 0.25) is 0 Å². The Kier molecular flexibility index (Phi) is 5.67. The summed E-state index contributed by atoms with van der Waals surface area (Å²) in [4.78, 5) is 5.42. The summed E-state index contributed by atoms with van der Waals surface area (Å²) in [7, 11) is 2.14. The first kappa shape index (κ1) is 15.3. The minimum Gasteiger partial charge on any atom is -0.315 e. The Bertz CT molecular complexity index is 265. The molecule has 0 aromatic rings. The number of likely N-dealkylation sites (tertiary alicyclic amines) is 1. The van der Waals surface area contributed by atoms with Crippen molar-refractivity contribution < 1.29 is 0 Å². The van der Waals surface area contributed by atoms with Crippen molar-refractivity contribution in [1.29, 1.82) is 0 Å². The molecule has 0 spiro atoms. The number of nitrogens with one attached hydrogen (secondary N) is 1. The van der Waals surface area contributed by atoms with Crippen LogP contribution in [0.5, 0.6) is 0 Å². The van der Waals surface area contributed by atoms with Crippen molar-refractivity contribution in [2.24, 2.45) is 5.92 Å². The van der Waals surface area contributed by atoms with Gasteiger partial charge in [0.05, 0.1) is 0 Å². The van der Waals surface area contributed by atoms with E-state index in [4.69, 9.17) is 0 Å². The van der Waals surface area contributed by atoms with Gasteiger partial charge >= 0.3 is 0 Å². The van der Waals surface area contributed by atoms with E-state index in [9.17, 15) is 0 Å². The van der Waals surface area contributed by atoms with Gasteiger partial charge in [-0.2, -0.15) is 0 Å². The summed E-state index contributed by atoms with van der Waals surface area (Å²) >= 11 is 0. The van der Waals surface area contributed by atoms with Crippen LogP contribution in [0.1, 0.15) is 46.5 Å². The molecule has 0 aromatic heterocycles. The zero-order valence-electron chi connectivity index (χ0n) is 13.4. The van der Waals surface area contributed by atoms with Crippen molar-refractivity contribution in [3.8, 4) is 0 Å². The Balaban J connectivity index is 1.94.